The lowest BCUT2D eigenvalue weighted by Gasteiger charge is -2.03. The number of benzene rings is 1. The van der Waals surface area contributed by atoms with Crippen molar-refractivity contribution < 1.29 is 9.90 Å². The summed E-state index contributed by atoms with van der Waals surface area (Å²) in [7, 11) is 0. The highest BCUT2D eigenvalue weighted by molar-refractivity contribution is 7.07. The number of imidazole rings is 1. The van der Waals surface area contributed by atoms with E-state index in [-0.39, 0.29) is 11.3 Å². The largest absolute Gasteiger partial charge is 0.478 e. The van der Waals surface area contributed by atoms with E-state index in [0.29, 0.717) is 17.6 Å². The highest BCUT2D eigenvalue weighted by atomic mass is 32.1. The molecule has 0 aliphatic heterocycles. The Morgan fingerprint density at radius 1 is 1.35 bits per heavy atom. The number of hydrogen-bond acceptors (Lipinski definition) is 3. The summed E-state index contributed by atoms with van der Waals surface area (Å²) in [6.07, 6.45) is 0.744. The van der Waals surface area contributed by atoms with Crippen molar-refractivity contribution in [3.8, 4) is 0 Å². The van der Waals surface area contributed by atoms with Gasteiger partial charge in [-0.25, -0.2) is 9.59 Å². The molecule has 0 aliphatic carbocycles. The molecule has 2 heterocycles. The molecule has 0 saturated carbocycles. The van der Waals surface area contributed by atoms with Gasteiger partial charge in [-0.05, 0) is 40.9 Å². The zero-order chi connectivity index (χ0) is 14.1. The van der Waals surface area contributed by atoms with Gasteiger partial charge in [0.15, 0.2) is 0 Å². The predicted molar refractivity (Wildman–Crippen MR) is 77.5 cm³/mol. The van der Waals surface area contributed by atoms with E-state index in [0.717, 1.165) is 6.42 Å². The van der Waals surface area contributed by atoms with Gasteiger partial charge in [-0.15, -0.1) is 0 Å². The maximum absolute atomic E-state index is 12.0. The van der Waals surface area contributed by atoms with Gasteiger partial charge in [-0.2, -0.15) is 11.3 Å². The van der Waals surface area contributed by atoms with E-state index < -0.39 is 5.97 Å². The first-order valence-electron chi connectivity index (χ1n) is 6.12. The predicted octanol–water partition coefficient (Wildman–Crippen LogP) is 2.33. The first kappa shape index (κ1) is 12.7. The molecule has 0 aliphatic rings. The second-order valence-corrected chi connectivity index (χ2v) is 5.25. The van der Waals surface area contributed by atoms with Gasteiger partial charge in [0.1, 0.15) is 0 Å². The minimum absolute atomic E-state index is 0.119. The average molecular weight is 288 g/mol. The van der Waals surface area contributed by atoms with Crippen molar-refractivity contribution >= 4 is 28.3 Å². The first-order valence-corrected chi connectivity index (χ1v) is 7.07. The van der Waals surface area contributed by atoms with Gasteiger partial charge in [0.25, 0.3) is 0 Å². The Kier molecular flexibility index (Phi) is 3.15. The van der Waals surface area contributed by atoms with Gasteiger partial charge in [0.2, 0.25) is 0 Å². The summed E-state index contributed by atoms with van der Waals surface area (Å²) < 4.78 is 1.58. The molecule has 0 unspecified atom stereocenters. The Bertz CT molecular complexity index is 815. The SMILES string of the molecule is O=C(O)c1cccc2c1[nH]c(=O)n2CCc1ccsc1. The number of nitrogens with one attached hydrogen (secondary N) is 1. The number of aromatic carboxylic acids is 1. The van der Waals surface area contributed by atoms with Crippen LogP contribution >= 0.6 is 11.3 Å². The number of nitrogens with zero attached hydrogens (tertiary/aromatic N) is 1. The molecule has 0 amide bonds. The summed E-state index contributed by atoms with van der Waals surface area (Å²) >= 11 is 1.62. The molecule has 0 saturated heterocycles. The zero-order valence-corrected chi connectivity index (χ0v) is 11.3. The molecule has 3 rings (SSSR count). The third-order valence-corrected chi connectivity index (χ3v) is 3.98. The monoisotopic (exact) mass is 288 g/mol. The number of aromatic nitrogens is 2. The molecule has 5 nitrogen and oxygen atoms in total. The molecule has 0 bridgehead atoms. The third-order valence-electron chi connectivity index (χ3n) is 3.24. The Labute approximate surface area is 118 Å². The lowest BCUT2D eigenvalue weighted by atomic mass is 10.2. The van der Waals surface area contributed by atoms with Crippen LogP contribution in [0.25, 0.3) is 11.0 Å². The molecule has 0 spiro atoms. The number of carbonyl (C=O) groups is 1. The first-order chi connectivity index (χ1) is 9.66. The van der Waals surface area contributed by atoms with E-state index in [2.05, 4.69) is 4.98 Å². The Balaban J connectivity index is 2.03. The average Bonchev–Trinajstić information content (AvgIpc) is 3.02. The van der Waals surface area contributed by atoms with Crippen molar-refractivity contribution in [1.82, 2.24) is 9.55 Å². The van der Waals surface area contributed by atoms with Crippen LogP contribution in [0.1, 0.15) is 15.9 Å². The fourth-order valence-electron chi connectivity index (χ4n) is 2.26. The lowest BCUT2D eigenvalue weighted by molar-refractivity contribution is 0.0699. The number of carboxylic acid groups (broad SMARTS) is 1. The zero-order valence-electron chi connectivity index (χ0n) is 10.5. The van der Waals surface area contributed by atoms with E-state index in [1.54, 1.807) is 28.0 Å². The molecule has 2 aromatic heterocycles. The number of H-pyrrole nitrogens is 1. The van der Waals surface area contributed by atoms with Crippen molar-refractivity contribution in [1.29, 1.82) is 0 Å². The number of carboxylic acids is 1. The molecule has 6 heteroatoms. The van der Waals surface area contributed by atoms with Crippen LogP contribution in [0.5, 0.6) is 0 Å². The van der Waals surface area contributed by atoms with Crippen molar-refractivity contribution in [2.24, 2.45) is 0 Å². The van der Waals surface area contributed by atoms with Crippen molar-refractivity contribution in [3.63, 3.8) is 0 Å². The van der Waals surface area contributed by atoms with Gasteiger partial charge in [-0.1, -0.05) is 6.07 Å². The summed E-state index contributed by atoms with van der Waals surface area (Å²) in [5.41, 5.74) is 2.03. The van der Waals surface area contributed by atoms with Gasteiger partial charge in [0.05, 0.1) is 16.6 Å². The van der Waals surface area contributed by atoms with Crippen LogP contribution in [0, 0.1) is 0 Å². The summed E-state index contributed by atoms with van der Waals surface area (Å²) in [6.45, 7) is 0.526. The second-order valence-electron chi connectivity index (χ2n) is 4.47. The Hall–Kier alpha value is -2.34. The van der Waals surface area contributed by atoms with Crippen molar-refractivity contribution in [3.05, 3.63) is 56.6 Å². The molecular weight excluding hydrogens is 276 g/mol. The molecule has 0 fully saturated rings. The number of hydrogen-bond donors (Lipinski definition) is 2. The fraction of sp³-hybridized carbons (Fsp3) is 0.143. The maximum Gasteiger partial charge on any atom is 0.337 e. The smallest absolute Gasteiger partial charge is 0.337 e. The van der Waals surface area contributed by atoms with Crippen LogP contribution in [-0.2, 0) is 13.0 Å². The standard InChI is InChI=1S/C14H12N2O3S/c17-13(18)10-2-1-3-11-12(10)15-14(19)16(11)6-4-9-5-7-20-8-9/h1-3,5,7-8H,4,6H2,(H,15,19)(H,17,18). The maximum atomic E-state index is 12.0. The van der Waals surface area contributed by atoms with Crippen LogP contribution < -0.4 is 5.69 Å². The van der Waals surface area contributed by atoms with Gasteiger partial charge >= 0.3 is 11.7 Å². The lowest BCUT2D eigenvalue weighted by Crippen LogP contribution is -2.17. The molecule has 0 atom stereocenters. The minimum atomic E-state index is -1.04. The molecule has 20 heavy (non-hydrogen) atoms. The summed E-state index contributed by atoms with van der Waals surface area (Å²) in [5, 5.41) is 13.2. The van der Waals surface area contributed by atoms with E-state index in [1.165, 1.54) is 11.6 Å². The molecule has 0 radical (unpaired) electrons. The minimum Gasteiger partial charge on any atom is -0.478 e. The highest BCUT2D eigenvalue weighted by Gasteiger charge is 2.14. The number of fused-ring (bicyclic) bond motifs is 1. The number of aromatic amines is 1. The normalized spacial score (nSPS) is 11.0. The quantitative estimate of drug-likeness (QED) is 0.773. The van der Waals surface area contributed by atoms with E-state index in [1.807, 2.05) is 16.8 Å². The van der Waals surface area contributed by atoms with Crippen molar-refractivity contribution in [2.45, 2.75) is 13.0 Å². The van der Waals surface area contributed by atoms with Gasteiger partial charge < -0.3 is 10.1 Å². The summed E-state index contributed by atoms with van der Waals surface area (Å²) in [5.74, 6) is -1.04. The number of thiophene rings is 1. The summed E-state index contributed by atoms with van der Waals surface area (Å²) in [6, 6.07) is 6.92. The second kappa shape index (κ2) is 4.97. The molecule has 3 aromatic rings. The van der Waals surface area contributed by atoms with Crippen molar-refractivity contribution in [2.75, 3.05) is 0 Å². The molecule has 2 N–H and O–H groups in total. The van der Waals surface area contributed by atoms with E-state index in [4.69, 9.17) is 5.11 Å². The number of para-hydroxylation sites is 1. The number of rotatable bonds is 4. The summed E-state index contributed by atoms with van der Waals surface area (Å²) in [4.78, 5) is 25.8. The molecule has 102 valence electrons. The van der Waals surface area contributed by atoms with Gasteiger partial charge in [0, 0.05) is 6.54 Å². The molecular formula is C14H12N2O3S. The van der Waals surface area contributed by atoms with Crippen LogP contribution in [0.3, 0.4) is 0 Å². The van der Waals surface area contributed by atoms with Crippen LogP contribution in [0.4, 0.5) is 0 Å². The Morgan fingerprint density at radius 2 is 2.20 bits per heavy atom. The van der Waals surface area contributed by atoms with Gasteiger partial charge in [-0.3, -0.25) is 4.57 Å². The van der Waals surface area contributed by atoms with E-state index >= 15 is 0 Å². The number of aryl methyl sites for hydroxylation is 2. The Morgan fingerprint density at radius 3 is 2.90 bits per heavy atom. The third kappa shape index (κ3) is 2.14. The topological polar surface area (TPSA) is 75.1 Å². The van der Waals surface area contributed by atoms with E-state index in [9.17, 15) is 9.59 Å². The van der Waals surface area contributed by atoms with Crippen LogP contribution in [0.2, 0.25) is 0 Å². The molecule has 1 aromatic carbocycles. The highest BCUT2D eigenvalue weighted by Crippen LogP contribution is 2.16. The fourth-order valence-corrected chi connectivity index (χ4v) is 2.96. The van der Waals surface area contributed by atoms with Crippen LogP contribution in [0.15, 0.2) is 39.8 Å². The van der Waals surface area contributed by atoms with Crippen LogP contribution in [-0.4, -0.2) is 20.6 Å².